The molecule has 0 radical (unpaired) electrons. The number of nitrogens with two attached hydrogens (primary N) is 1. The van der Waals surface area contributed by atoms with Crippen molar-refractivity contribution in [2.75, 3.05) is 39.0 Å². The van der Waals surface area contributed by atoms with E-state index in [1.54, 1.807) is 23.6 Å². The number of carbonyl (C=O) groups is 4. The number of ether oxygens (including phenoxy) is 4. The van der Waals surface area contributed by atoms with E-state index in [1.165, 1.54) is 0 Å². The van der Waals surface area contributed by atoms with Gasteiger partial charge >= 0.3 is 18.0 Å². The van der Waals surface area contributed by atoms with Crippen molar-refractivity contribution in [3.63, 3.8) is 0 Å². The Hall–Kier alpha value is -4.08. The number of methoxy groups -OCH3 is 1. The highest BCUT2D eigenvalue weighted by Crippen LogP contribution is 2.39. The highest BCUT2D eigenvalue weighted by atomic mass is 16.6. The molecule has 0 aliphatic carbocycles. The molecule has 2 aliphatic rings. The van der Waals surface area contributed by atoms with Crippen LogP contribution in [0.3, 0.4) is 0 Å². The Morgan fingerprint density at radius 1 is 1.16 bits per heavy atom. The monoisotopic (exact) mass is 769 g/mol. The van der Waals surface area contributed by atoms with E-state index in [9.17, 15) is 19.2 Å². The van der Waals surface area contributed by atoms with Crippen LogP contribution in [0.15, 0.2) is 30.5 Å². The molecule has 15 heteroatoms. The van der Waals surface area contributed by atoms with Crippen LogP contribution >= 0.6 is 0 Å². The number of esters is 2. The number of hydrogen-bond donors (Lipinski definition) is 3. The maximum Gasteiger partial charge on any atom is 0.410 e. The zero-order chi connectivity index (χ0) is 40.3. The Balaban J connectivity index is 1.59. The van der Waals surface area contributed by atoms with Crippen molar-refractivity contribution in [3.05, 3.63) is 30.5 Å². The molecule has 0 spiro atoms. The third kappa shape index (κ3) is 12.2. The largest absolute Gasteiger partial charge is 0.459 e. The lowest BCUT2D eigenvalue weighted by Gasteiger charge is -2.42. The number of fused-ring (bicyclic) bond motifs is 1. The van der Waals surface area contributed by atoms with Crippen molar-refractivity contribution in [2.24, 2.45) is 11.8 Å². The summed E-state index contributed by atoms with van der Waals surface area (Å²) in [6, 6.07) is 6.58. The zero-order valence-corrected chi connectivity index (χ0v) is 34.0. The van der Waals surface area contributed by atoms with Gasteiger partial charge in [0.15, 0.2) is 5.60 Å². The van der Waals surface area contributed by atoms with Crippen molar-refractivity contribution in [2.45, 2.75) is 135 Å². The third-order valence-corrected chi connectivity index (χ3v) is 10.5. The zero-order valence-electron chi connectivity index (χ0n) is 34.0. The van der Waals surface area contributed by atoms with Gasteiger partial charge in [-0.2, -0.15) is 0 Å². The molecule has 0 saturated carbocycles. The molecule has 4 N–H and O–H groups in total. The fraction of sp³-hybridized carbons (Fsp3) is 0.700. The van der Waals surface area contributed by atoms with Crippen LogP contribution in [0.1, 0.15) is 93.4 Å². The number of rotatable bonds is 13. The molecule has 0 unspecified atom stereocenters. The average Bonchev–Trinajstić information content (AvgIpc) is 3.70. The number of benzene rings is 1. The van der Waals surface area contributed by atoms with Crippen molar-refractivity contribution in [1.82, 2.24) is 30.5 Å². The van der Waals surface area contributed by atoms with Crippen molar-refractivity contribution in [1.29, 1.82) is 0 Å². The number of nitrogen functional groups attached to an aromatic ring is 1. The number of nitrogens with zero attached hydrogens (tertiary/aromatic N) is 4. The molecular formula is C40H63N7O8. The molecule has 2 saturated heterocycles. The van der Waals surface area contributed by atoms with Gasteiger partial charge in [-0.3, -0.25) is 24.0 Å². The first-order valence-electron chi connectivity index (χ1n) is 19.7. The first-order valence-corrected chi connectivity index (χ1v) is 19.7. The van der Waals surface area contributed by atoms with Crippen molar-refractivity contribution < 1.29 is 38.1 Å². The number of aryl methyl sites for hydroxylation is 1. The molecule has 1 aromatic carbocycles. The molecule has 15 nitrogen and oxygen atoms in total. The van der Waals surface area contributed by atoms with E-state index in [4.69, 9.17) is 24.7 Å². The third-order valence-electron chi connectivity index (χ3n) is 10.5. The van der Waals surface area contributed by atoms with Crippen LogP contribution in [0.4, 0.5) is 10.5 Å². The van der Waals surface area contributed by atoms with Crippen LogP contribution < -0.4 is 16.4 Å². The van der Waals surface area contributed by atoms with Gasteiger partial charge in [0.05, 0.1) is 24.9 Å². The Kier molecular flexibility index (Phi) is 15.6. The van der Waals surface area contributed by atoms with E-state index >= 15 is 0 Å². The predicted octanol–water partition coefficient (Wildman–Crippen LogP) is 4.53. The summed E-state index contributed by atoms with van der Waals surface area (Å²) in [4.78, 5) is 54.9. The molecule has 1 amide bonds. The summed E-state index contributed by atoms with van der Waals surface area (Å²) in [5.74, 6) is -2.04. The summed E-state index contributed by atoms with van der Waals surface area (Å²) in [6.07, 6.45) is 3.96. The minimum Gasteiger partial charge on any atom is -0.459 e. The van der Waals surface area contributed by atoms with E-state index in [-0.39, 0.29) is 42.8 Å². The number of carbonyl (C=O) groups excluding carboxylic acids is 4. The lowest BCUT2D eigenvalue weighted by Crippen LogP contribution is -2.62. The van der Waals surface area contributed by atoms with Crippen LogP contribution in [-0.4, -0.2) is 112 Å². The number of amides is 1. The van der Waals surface area contributed by atoms with Gasteiger partial charge in [-0.1, -0.05) is 31.2 Å². The summed E-state index contributed by atoms with van der Waals surface area (Å²) < 4.78 is 25.4. The quantitative estimate of drug-likeness (QED) is 0.0849. The van der Waals surface area contributed by atoms with Gasteiger partial charge in [-0.05, 0) is 104 Å². The maximum atomic E-state index is 13.9. The Morgan fingerprint density at radius 2 is 1.91 bits per heavy atom. The summed E-state index contributed by atoms with van der Waals surface area (Å²) in [6.45, 7) is 14.9. The molecule has 2 aromatic rings. The average molecular weight is 770 g/mol. The molecule has 4 rings (SSSR count). The summed E-state index contributed by atoms with van der Waals surface area (Å²) >= 11 is 0. The van der Waals surface area contributed by atoms with Crippen LogP contribution in [0, 0.1) is 11.8 Å². The van der Waals surface area contributed by atoms with Gasteiger partial charge in [-0.15, -0.1) is 5.10 Å². The number of anilines is 1. The predicted molar refractivity (Wildman–Crippen MR) is 208 cm³/mol. The van der Waals surface area contributed by atoms with Crippen LogP contribution in [0.2, 0.25) is 0 Å². The van der Waals surface area contributed by atoms with E-state index in [0.717, 1.165) is 11.3 Å². The number of hydrogen-bond acceptors (Lipinski definition) is 13. The van der Waals surface area contributed by atoms with Gasteiger partial charge in [-0.25, -0.2) is 4.79 Å². The first-order chi connectivity index (χ1) is 26.0. The number of unbranched alkanes of at least 4 members (excludes halogenated alkanes) is 1. The molecule has 2 fully saturated rings. The first kappa shape index (κ1) is 43.6. The van der Waals surface area contributed by atoms with E-state index in [0.29, 0.717) is 70.4 Å². The number of Topliss-reactive ketones (excluding diaryl/α,β-unsaturated/α-hetero) is 1. The molecule has 1 aromatic heterocycles. The highest BCUT2D eigenvalue weighted by molar-refractivity contribution is 5.98. The summed E-state index contributed by atoms with van der Waals surface area (Å²) in [5.41, 5.74) is 6.34. The van der Waals surface area contributed by atoms with E-state index in [2.05, 4.69) is 27.9 Å². The van der Waals surface area contributed by atoms with Gasteiger partial charge in [0.25, 0.3) is 0 Å². The second-order valence-electron chi connectivity index (χ2n) is 16.2. The van der Waals surface area contributed by atoms with E-state index < -0.39 is 41.3 Å². The molecule has 55 heavy (non-hydrogen) atoms. The van der Waals surface area contributed by atoms with Gasteiger partial charge < -0.3 is 35.3 Å². The fourth-order valence-corrected chi connectivity index (χ4v) is 7.54. The van der Waals surface area contributed by atoms with Crippen LogP contribution in [0.5, 0.6) is 0 Å². The fourth-order valence-electron chi connectivity index (χ4n) is 7.54. The molecular weight excluding hydrogens is 706 g/mol. The Labute approximate surface area is 325 Å². The summed E-state index contributed by atoms with van der Waals surface area (Å²) in [7, 11) is 1.64. The highest BCUT2D eigenvalue weighted by Gasteiger charge is 2.58. The lowest BCUT2D eigenvalue weighted by atomic mass is 9.82. The van der Waals surface area contributed by atoms with E-state index in [1.807, 2.05) is 65.1 Å². The number of nitrogens with one attached hydrogen (secondary N) is 2. The minimum absolute atomic E-state index is 0.0275. The maximum absolute atomic E-state index is 13.9. The molecule has 7 atom stereocenters. The SMILES string of the molecule is CC[C@H]1OC(=O)[C@H](C)C(=O)CC[C@H](OC)C[C@@H](C)CN[C@H](CCNCC(=O)OC(C)(C)C)[C@H]2N(CCCCn3cc(-c4cccc(N)c4)nn3)C(=O)O[C@]12C. The van der Waals surface area contributed by atoms with Crippen LogP contribution in [-0.2, 0) is 39.9 Å². The minimum atomic E-state index is -1.26. The number of ketones is 1. The van der Waals surface area contributed by atoms with Gasteiger partial charge in [0.2, 0.25) is 0 Å². The molecule has 0 bridgehead atoms. The molecule has 306 valence electrons. The normalized spacial score (nSPS) is 27.1. The van der Waals surface area contributed by atoms with Crippen molar-refractivity contribution in [3.8, 4) is 11.3 Å². The Bertz CT molecular complexity index is 1590. The number of aromatic nitrogens is 3. The summed E-state index contributed by atoms with van der Waals surface area (Å²) in [5, 5.41) is 15.6. The number of cyclic esters (lactones) is 1. The van der Waals surface area contributed by atoms with Gasteiger partial charge in [0, 0.05) is 43.9 Å². The van der Waals surface area contributed by atoms with Crippen molar-refractivity contribution >= 4 is 29.5 Å². The van der Waals surface area contributed by atoms with Gasteiger partial charge in [0.1, 0.15) is 29.1 Å². The second kappa shape index (κ2) is 19.7. The topological polar surface area (TPSA) is 189 Å². The standard InChI is InChI=1S/C40H63N7O8/c1-9-34-40(7)36(47(38(51)55-40)20-11-10-19-46-25-32(44-45-46)28-13-12-14-29(41)22-28)31(17-18-42-24-35(49)54-39(4,5)6)43-23-26(2)21-30(52-8)15-16-33(48)27(3)37(50)53-34/h12-14,22,25-27,30-31,34,36,42-43H,9-11,15-21,23-24,41H2,1-8H3/t26-,27-,30+,31-,34-,36-,40-/m1/s1. The van der Waals surface area contributed by atoms with Crippen LogP contribution in [0.25, 0.3) is 11.3 Å². The lowest BCUT2D eigenvalue weighted by molar-refractivity contribution is -0.169. The smallest absolute Gasteiger partial charge is 0.410 e. The molecule has 2 aliphatic heterocycles. The Morgan fingerprint density at radius 3 is 2.60 bits per heavy atom. The molecule has 3 heterocycles. The second-order valence-corrected chi connectivity index (χ2v) is 16.2.